The highest BCUT2D eigenvalue weighted by atomic mass is 19.1. The number of nitrogens with one attached hydrogen (secondary N) is 1. The summed E-state index contributed by atoms with van der Waals surface area (Å²) >= 11 is 0. The summed E-state index contributed by atoms with van der Waals surface area (Å²) in [6.45, 7) is 2.23. The zero-order valence-corrected chi connectivity index (χ0v) is 17.6. The number of nitrogens with two attached hydrogens (primary N) is 1. The van der Waals surface area contributed by atoms with Crippen molar-refractivity contribution in [2.45, 2.75) is 57.3 Å². The van der Waals surface area contributed by atoms with Crippen molar-refractivity contribution in [1.29, 1.82) is 0 Å². The fourth-order valence-corrected chi connectivity index (χ4v) is 4.56. The van der Waals surface area contributed by atoms with E-state index >= 15 is 0 Å². The smallest absolute Gasteiger partial charge is 0.405 e. The molecule has 31 heavy (non-hydrogen) atoms. The minimum absolute atomic E-state index is 0.00957. The van der Waals surface area contributed by atoms with Crippen LogP contribution in [0.15, 0.2) is 24.3 Å². The van der Waals surface area contributed by atoms with E-state index in [2.05, 4.69) is 5.32 Å². The lowest BCUT2D eigenvalue weighted by Gasteiger charge is -2.36. The van der Waals surface area contributed by atoms with Crippen LogP contribution in [0.3, 0.4) is 0 Å². The Morgan fingerprint density at radius 1 is 1.16 bits per heavy atom. The molecule has 2 fully saturated rings. The molecule has 0 aromatic heterocycles. The summed E-state index contributed by atoms with van der Waals surface area (Å²) in [7, 11) is 0. The topological polar surface area (TPSA) is 122 Å². The third-order valence-corrected chi connectivity index (χ3v) is 6.42. The van der Waals surface area contributed by atoms with Crippen LogP contribution >= 0.6 is 0 Å². The van der Waals surface area contributed by atoms with Gasteiger partial charge in [0, 0.05) is 12.1 Å². The van der Waals surface area contributed by atoms with Crippen LogP contribution in [0.4, 0.5) is 9.18 Å². The van der Waals surface area contributed by atoms with Crippen LogP contribution in [-0.4, -0.2) is 59.3 Å². The van der Waals surface area contributed by atoms with E-state index in [0.29, 0.717) is 24.3 Å². The van der Waals surface area contributed by atoms with Crippen molar-refractivity contribution in [1.82, 2.24) is 10.2 Å². The molecule has 3 rings (SSSR count). The van der Waals surface area contributed by atoms with E-state index in [1.54, 1.807) is 24.3 Å². The minimum Gasteiger partial charge on any atom is -0.490 e. The molecular weight excluding hydrogens is 405 g/mol. The second-order valence-electron chi connectivity index (χ2n) is 8.50. The first-order valence-electron chi connectivity index (χ1n) is 10.7. The van der Waals surface area contributed by atoms with E-state index in [-0.39, 0.29) is 30.4 Å². The lowest BCUT2D eigenvalue weighted by Crippen LogP contribution is -2.53. The Hall–Kier alpha value is -2.84. The molecule has 1 aromatic rings. The number of benzene rings is 1. The molecule has 8 nitrogen and oxygen atoms in total. The molecule has 3 amide bonds. The van der Waals surface area contributed by atoms with E-state index < -0.39 is 24.2 Å². The van der Waals surface area contributed by atoms with Crippen LogP contribution in [0.5, 0.6) is 5.75 Å². The Balaban J connectivity index is 1.56. The fourth-order valence-electron chi connectivity index (χ4n) is 4.56. The van der Waals surface area contributed by atoms with Gasteiger partial charge in [-0.25, -0.2) is 9.18 Å². The Bertz CT molecular complexity index is 795. The fraction of sp³-hybridized carbons (Fsp3) is 0.591. The second-order valence-corrected chi connectivity index (χ2v) is 8.50. The predicted octanol–water partition coefficient (Wildman–Crippen LogP) is 2.57. The van der Waals surface area contributed by atoms with E-state index in [0.717, 1.165) is 25.7 Å². The van der Waals surface area contributed by atoms with Gasteiger partial charge in [0.05, 0.1) is 12.6 Å². The molecule has 9 heteroatoms. The molecule has 1 saturated heterocycles. The summed E-state index contributed by atoms with van der Waals surface area (Å²) in [6, 6.07) is 5.80. The van der Waals surface area contributed by atoms with Crippen LogP contribution in [0.25, 0.3) is 0 Å². The zero-order valence-electron chi connectivity index (χ0n) is 17.6. The molecule has 1 heterocycles. The SMILES string of the molecule is C[C@@H](C1CCC(Oc2ccc(C(N)=O)cc2)CC1)[C@H](NC(=O)O)C(=O)N1CC[C@H](F)C1. The number of primary amides is 1. The molecule has 0 unspecified atom stereocenters. The Kier molecular flexibility index (Phi) is 7.35. The van der Waals surface area contributed by atoms with E-state index in [4.69, 9.17) is 10.5 Å². The lowest BCUT2D eigenvalue weighted by molar-refractivity contribution is -0.134. The highest BCUT2D eigenvalue weighted by Crippen LogP contribution is 2.34. The number of likely N-dealkylation sites (tertiary alicyclic amines) is 1. The average Bonchev–Trinajstić information content (AvgIpc) is 3.18. The van der Waals surface area contributed by atoms with Crippen LogP contribution < -0.4 is 15.8 Å². The molecule has 2 aliphatic rings. The molecule has 170 valence electrons. The van der Waals surface area contributed by atoms with Crippen LogP contribution in [0.2, 0.25) is 0 Å². The molecular formula is C22H30FN3O5. The number of ether oxygens (including phenoxy) is 1. The molecule has 0 bridgehead atoms. The molecule has 4 N–H and O–H groups in total. The number of carboxylic acid groups (broad SMARTS) is 1. The molecule has 3 atom stereocenters. The summed E-state index contributed by atoms with van der Waals surface area (Å²) in [5, 5.41) is 11.6. The predicted molar refractivity (Wildman–Crippen MR) is 112 cm³/mol. The Morgan fingerprint density at radius 3 is 2.32 bits per heavy atom. The number of nitrogens with zero attached hydrogens (tertiary/aromatic N) is 1. The monoisotopic (exact) mass is 435 g/mol. The van der Waals surface area contributed by atoms with Crippen molar-refractivity contribution < 1.29 is 28.6 Å². The van der Waals surface area contributed by atoms with Gasteiger partial charge in [-0.2, -0.15) is 0 Å². The number of amides is 3. The molecule has 1 aromatic carbocycles. The Labute approximate surface area is 180 Å². The van der Waals surface area contributed by atoms with Crippen molar-refractivity contribution in [3.05, 3.63) is 29.8 Å². The number of carbonyl (C=O) groups is 3. The Morgan fingerprint density at radius 2 is 1.81 bits per heavy atom. The number of alkyl halides is 1. The quantitative estimate of drug-likeness (QED) is 0.608. The maximum atomic E-state index is 13.5. The molecule has 0 spiro atoms. The largest absolute Gasteiger partial charge is 0.490 e. The first-order chi connectivity index (χ1) is 14.7. The van der Waals surface area contributed by atoms with Crippen molar-refractivity contribution >= 4 is 17.9 Å². The van der Waals surface area contributed by atoms with E-state index in [9.17, 15) is 23.9 Å². The van der Waals surface area contributed by atoms with Gasteiger partial charge in [-0.3, -0.25) is 9.59 Å². The van der Waals surface area contributed by atoms with Crippen molar-refractivity contribution in [2.24, 2.45) is 17.6 Å². The van der Waals surface area contributed by atoms with Gasteiger partial charge in [0.2, 0.25) is 11.8 Å². The normalized spacial score (nSPS) is 25.5. The minimum atomic E-state index is -1.25. The van der Waals surface area contributed by atoms with Gasteiger partial charge in [-0.1, -0.05) is 6.92 Å². The number of halogens is 1. The van der Waals surface area contributed by atoms with Crippen LogP contribution in [0.1, 0.15) is 49.4 Å². The molecule has 1 aliphatic carbocycles. The number of carbonyl (C=O) groups excluding carboxylic acids is 2. The maximum Gasteiger partial charge on any atom is 0.405 e. The summed E-state index contributed by atoms with van der Waals surface area (Å²) in [5.74, 6) is -0.226. The highest BCUT2D eigenvalue weighted by Gasteiger charge is 2.38. The summed E-state index contributed by atoms with van der Waals surface area (Å²) < 4.78 is 19.5. The summed E-state index contributed by atoms with van der Waals surface area (Å²) in [5.41, 5.74) is 5.67. The standard InChI is InChI=1S/C22H30FN3O5/c1-13(19(25-22(29)30)21(28)26-11-10-16(23)12-26)14-2-6-17(7-3-14)31-18-8-4-15(5-9-18)20(24)27/h4-5,8-9,13-14,16-17,19,25H,2-3,6-7,10-12H2,1H3,(H2,24,27)(H,29,30)/t13-,14?,16-,17?,19-/m0/s1. The maximum absolute atomic E-state index is 13.5. The number of rotatable bonds is 7. The van der Waals surface area contributed by atoms with E-state index in [1.165, 1.54) is 4.90 Å². The van der Waals surface area contributed by atoms with E-state index in [1.807, 2.05) is 6.92 Å². The molecule has 1 aliphatic heterocycles. The first kappa shape index (κ1) is 22.8. The van der Waals surface area contributed by atoms with Crippen molar-refractivity contribution in [3.63, 3.8) is 0 Å². The van der Waals surface area contributed by atoms with Gasteiger partial charge in [0.15, 0.2) is 0 Å². The van der Waals surface area contributed by atoms with Crippen LogP contribution in [0, 0.1) is 11.8 Å². The van der Waals surface area contributed by atoms with Gasteiger partial charge < -0.3 is 25.8 Å². The number of hydrogen-bond donors (Lipinski definition) is 3. The first-order valence-corrected chi connectivity index (χ1v) is 10.7. The van der Waals surface area contributed by atoms with Crippen LogP contribution in [-0.2, 0) is 4.79 Å². The number of hydrogen-bond acceptors (Lipinski definition) is 4. The summed E-state index contributed by atoms with van der Waals surface area (Å²) in [6.07, 6.45) is 1.14. The molecule has 1 saturated carbocycles. The average molecular weight is 435 g/mol. The lowest BCUT2D eigenvalue weighted by atomic mass is 9.76. The van der Waals surface area contributed by atoms with Gasteiger partial charge in [0.1, 0.15) is 18.0 Å². The molecule has 0 radical (unpaired) electrons. The summed E-state index contributed by atoms with van der Waals surface area (Å²) in [4.78, 5) is 36.8. The highest BCUT2D eigenvalue weighted by molar-refractivity contribution is 5.92. The van der Waals surface area contributed by atoms with Gasteiger partial charge in [0.25, 0.3) is 0 Å². The third kappa shape index (κ3) is 5.86. The van der Waals surface area contributed by atoms with Gasteiger partial charge in [-0.05, 0) is 68.2 Å². The van der Waals surface area contributed by atoms with Crippen molar-refractivity contribution in [3.8, 4) is 5.75 Å². The zero-order chi connectivity index (χ0) is 22.5. The van der Waals surface area contributed by atoms with Gasteiger partial charge >= 0.3 is 6.09 Å². The van der Waals surface area contributed by atoms with Gasteiger partial charge in [-0.15, -0.1) is 0 Å². The third-order valence-electron chi connectivity index (χ3n) is 6.42. The van der Waals surface area contributed by atoms with Crippen molar-refractivity contribution in [2.75, 3.05) is 13.1 Å². The second kappa shape index (κ2) is 9.98.